The third-order valence-corrected chi connectivity index (χ3v) is 6.31. The van der Waals surface area contributed by atoms with Crippen LogP contribution in [0.3, 0.4) is 0 Å². The van der Waals surface area contributed by atoms with Crippen LogP contribution >= 0.6 is 0 Å². The summed E-state index contributed by atoms with van der Waals surface area (Å²) in [6, 6.07) is 15.9. The van der Waals surface area contributed by atoms with Gasteiger partial charge in [-0.15, -0.1) is 0 Å². The molecule has 144 valence electrons. The molecule has 0 heterocycles. The Hall–Kier alpha value is -3.16. The van der Waals surface area contributed by atoms with Crippen LogP contribution in [-0.2, 0) is 21.1 Å². The lowest BCUT2D eigenvalue weighted by molar-refractivity contribution is -0.109. The van der Waals surface area contributed by atoms with Gasteiger partial charge in [-0.1, -0.05) is 37.3 Å². The van der Waals surface area contributed by atoms with E-state index in [9.17, 15) is 18.5 Å². The van der Waals surface area contributed by atoms with Crippen molar-refractivity contribution in [3.8, 4) is 23.3 Å². The van der Waals surface area contributed by atoms with Crippen molar-refractivity contribution in [2.24, 2.45) is 0 Å². The number of aryl methyl sites for hydroxylation is 1. The zero-order chi connectivity index (χ0) is 20.6. The average molecular weight is 395 g/mol. The van der Waals surface area contributed by atoms with Crippen LogP contribution in [0.2, 0.25) is 0 Å². The molecule has 1 N–H and O–H groups in total. The van der Waals surface area contributed by atoms with Crippen LogP contribution in [0.25, 0.3) is 11.1 Å². The van der Waals surface area contributed by atoms with Gasteiger partial charge >= 0.3 is 0 Å². The van der Waals surface area contributed by atoms with Gasteiger partial charge in [0.2, 0.25) is 6.41 Å². The van der Waals surface area contributed by atoms with E-state index in [0.29, 0.717) is 25.7 Å². The van der Waals surface area contributed by atoms with Crippen molar-refractivity contribution in [3.05, 3.63) is 53.6 Å². The fourth-order valence-electron chi connectivity index (χ4n) is 2.89. The first-order valence-corrected chi connectivity index (χ1v) is 10.6. The number of nitrogens with zero attached hydrogens (tertiary/aromatic N) is 2. The second-order valence-corrected chi connectivity index (χ2v) is 8.42. The van der Waals surface area contributed by atoms with Gasteiger partial charge in [0.1, 0.15) is 12.1 Å². The summed E-state index contributed by atoms with van der Waals surface area (Å²) < 4.78 is 24.6. The quantitative estimate of drug-likeness (QED) is 0.656. The SMILES string of the molecule is CCCS(=O)(=O)c1ccc(-c2ccc(CC[C@@H](C#N)NC=O)cc2)cc1C#N. The highest BCUT2D eigenvalue weighted by Crippen LogP contribution is 2.26. The number of carbonyl (C=O) groups is 1. The number of carbonyl (C=O) groups excluding carboxylic acids is 1. The molecule has 0 fully saturated rings. The number of hydrogen-bond donors (Lipinski definition) is 1. The Balaban J connectivity index is 2.21. The molecule has 0 aliphatic heterocycles. The van der Waals surface area contributed by atoms with Crippen molar-refractivity contribution in [2.75, 3.05) is 5.75 Å². The van der Waals surface area contributed by atoms with E-state index < -0.39 is 15.9 Å². The first-order chi connectivity index (χ1) is 13.4. The minimum Gasteiger partial charge on any atom is -0.343 e. The van der Waals surface area contributed by atoms with E-state index in [1.54, 1.807) is 19.1 Å². The minimum atomic E-state index is -3.46. The number of hydrogen-bond acceptors (Lipinski definition) is 5. The Labute approximate surface area is 165 Å². The van der Waals surface area contributed by atoms with Crippen molar-refractivity contribution >= 4 is 16.2 Å². The van der Waals surface area contributed by atoms with Gasteiger partial charge in [0.15, 0.2) is 9.84 Å². The number of sulfone groups is 1. The van der Waals surface area contributed by atoms with E-state index in [2.05, 4.69) is 5.32 Å². The predicted molar refractivity (Wildman–Crippen MR) is 106 cm³/mol. The van der Waals surface area contributed by atoms with Gasteiger partial charge in [-0.3, -0.25) is 4.79 Å². The summed E-state index contributed by atoms with van der Waals surface area (Å²) in [7, 11) is -3.46. The van der Waals surface area contributed by atoms with Gasteiger partial charge in [-0.2, -0.15) is 10.5 Å². The lowest BCUT2D eigenvalue weighted by Crippen LogP contribution is -2.26. The van der Waals surface area contributed by atoms with Crippen molar-refractivity contribution in [1.29, 1.82) is 10.5 Å². The molecule has 2 rings (SSSR count). The maximum Gasteiger partial charge on any atom is 0.208 e. The van der Waals surface area contributed by atoms with Gasteiger partial charge in [-0.05, 0) is 48.1 Å². The number of benzene rings is 2. The average Bonchev–Trinajstić information content (AvgIpc) is 2.71. The summed E-state index contributed by atoms with van der Waals surface area (Å²) in [4.78, 5) is 10.5. The van der Waals surface area contributed by atoms with Crippen LogP contribution in [0.1, 0.15) is 30.9 Å². The standard InChI is InChI=1S/C21H21N3O3S/c1-2-11-28(26,27)21-10-8-18(12-19(21)13-22)17-6-3-16(4-7-17)5-9-20(14-23)24-15-25/h3-4,6-8,10,12,15,20H,2,5,9,11H2,1H3,(H,24,25)/t20-/m0/s1. The number of nitriles is 2. The van der Waals surface area contributed by atoms with Crippen molar-refractivity contribution in [3.63, 3.8) is 0 Å². The molecule has 0 bridgehead atoms. The van der Waals surface area contributed by atoms with Crippen LogP contribution in [0, 0.1) is 22.7 Å². The van der Waals surface area contributed by atoms with Gasteiger partial charge in [-0.25, -0.2) is 8.42 Å². The van der Waals surface area contributed by atoms with E-state index >= 15 is 0 Å². The fraction of sp³-hybridized carbons (Fsp3) is 0.286. The number of rotatable bonds is 9. The molecule has 0 aromatic heterocycles. The molecule has 0 saturated carbocycles. The second kappa shape index (κ2) is 9.68. The second-order valence-electron chi connectivity index (χ2n) is 6.34. The molecule has 0 aliphatic rings. The van der Waals surface area contributed by atoms with Crippen LogP contribution in [0.4, 0.5) is 0 Å². The van der Waals surface area contributed by atoms with Crippen molar-refractivity contribution in [1.82, 2.24) is 5.32 Å². The smallest absolute Gasteiger partial charge is 0.208 e. The van der Waals surface area contributed by atoms with E-state index in [1.165, 1.54) is 6.07 Å². The zero-order valence-corrected chi connectivity index (χ0v) is 16.4. The molecule has 0 unspecified atom stereocenters. The summed E-state index contributed by atoms with van der Waals surface area (Å²) in [6.45, 7) is 1.79. The lowest BCUT2D eigenvalue weighted by atomic mass is 10.00. The summed E-state index contributed by atoms with van der Waals surface area (Å²) in [6.07, 6.45) is 2.16. The largest absolute Gasteiger partial charge is 0.343 e. The molecule has 7 heteroatoms. The number of amides is 1. The third kappa shape index (κ3) is 5.18. The fourth-order valence-corrected chi connectivity index (χ4v) is 4.36. The lowest BCUT2D eigenvalue weighted by Gasteiger charge is -2.10. The topological polar surface area (TPSA) is 111 Å². The molecule has 28 heavy (non-hydrogen) atoms. The van der Waals surface area contributed by atoms with E-state index in [0.717, 1.165) is 16.7 Å². The predicted octanol–water partition coefficient (Wildman–Crippen LogP) is 2.98. The van der Waals surface area contributed by atoms with Crippen LogP contribution in [0.5, 0.6) is 0 Å². The zero-order valence-electron chi connectivity index (χ0n) is 15.6. The molecule has 1 atom stereocenters. The molecule has 0 saturated heterocycles. The molecule has 2 aromatic carbocycles. The minimum absolute atomic E-state index is 0.0123. The van der Waals surface area contributed by atoms with Crippen molar-refractivity contribution in [2.45, 2.75) is 37.1 Å². The first-order valence-electron chi connectivity index (χ1n) is 8.90. The van der Waals surface area contributed by atoms with E-state index in [1.807, 2.05) is 36.4 Å². The maximum atomic E-state index is 12.3. The van der Waals surface area contributed by atoms with Crippen LogP contribution in [-0.4, -0.2) is 26.6 Å². The Morgan fingerprint density at radius 3 is 2.36 bits per heavy atom. The van der Waals surface area contributed by atoms with Gasteiger partial charge < -0.3 is 5.32 Å². The molecule has 0 spiro atoms. The summed E-state index contributed by atoms with van der Waals surface area (Å²) in [5, 5.41) is 20.8. The summed E-state index contributed by atoms with van der Waals surface area (Å²) >= 11 is 0. The Morgan fingerprint density at radius 1 is 1.11 bits per heavy atom. The molecule has 1 amide bonds. The van der Waals surface area contributed by atoms with Gasteiger partial charge in [0, 0.05) is 0 Å². The Kier molecular flexibility index (Phi) is 7.31. The molecular formula is C21H21N3O3S. The molecule has 0 radical (unpaired) electrons. The third-order valence-electron chi connectivity index (χ3n) is 4.34. The maximum absolute atomic E-state index is 12.3. The van der Waals surface area contributed by atoms with E-state index in [-0.39, 0.29) is 16.2 Å². The molecule has 0 aliphatic carbocycles. The van der Waals surface area contributed by atoms with Crippen LogP contribution in [0.15, 0.2) is 47.4 Å². The molecule has 6 nitrogen and oxygen atoms in total. The highest BCUT2D eigenvalue weighted by molar-refractivity contribution is 7.91. The highest BCUT2D eigenvalue weighted by atomic mass is 32.2. The van der Waals surface area contributed by atoms with E-state index in [4.69, 9.17) is 5.26 Å². The van der Waals surface area contributed by atoms with Gasteiger partial charge in [0.25, 0.3) is 0 Å². The Morgan fingerprint density at radius 2 is 1.79 bits per heavy atom. The normalized spacial score (nSPS) is 11.8. The first kappa shape index (κ1) is 21.1. The van der Waals surface area contributed by atoms with Gasteiger partial charge in [0.05, 0.1) is 22.3 Å². The monoisotopic (exact) mass is 395 g/mol. The highest BCUT2D eigenvalue weighted by Gasteiger charge is 2.18. The summed E-state index contributed by atoms with van der Waals surface area (Å²) in [5.74, 6) is 0.0123. The Bertz CT molecular complexity index is 1020. The van der Waals surface area contributed by atoms with Crippen molar-refractivity contribution < 1.29 is 13.2 Å². The number of nitrogens with one attached hydrogen (secondary N) is 1. The molecule has 2 aromatic rings. The molecular weight excluding hydrogens is 374 g/mol. The summed E-state index contributed by atoms with van der Waals surface area (Å²) in [5.41, 5.74) is 2.78. The van der Waals surface area contributed by atoms with Crippen LogP contribution < -0.4 is 5.32 Å².